The summed E-state index contributed by atoms with van der Waals surface area (Å²) in [6, 6.07) is -1.27. The van der Waals surface area contributed by atoms with Crippen LogP contribution in [0.5, 0.6) is 0 Å². The van der Waals surface area contributed by atoms with E-state index in [1.54, 1.807) is 20.8 Å². The summed E-state index contributed by atoms with van der Waals surface area (Å²) < 4.78 is 43.7. The summed E-state index contributed by atoms with van der Waals surface area (Å²) in [5.41, 5.74) is -4.06. The van der Waals surface area contributed by atoms with Gasteiger partial charge in [-0.1, -0.05) is 6.92 Å². The van der Waals surface area contributed by atoms with E-state index in [9.17, 15) is 13.8 Å². The number of carboxylic acids is 1. The van der Waals surface area contributed by atoms with Gasteiger partial charge in [0.25, 0.3) is 7.37 Å². The Kier molecular flexibility index (Phi) is 8.63. The number of halogens is 1. The van der Waals surface area contributed by atoms with Crippen LogP contribution in [0, 0.1) is 0 Å². The van der Waals surface area contributed by atoms with Gasteiger partial charge in [0.15, 0.2) is 0 Å². The SMILES string of the molecule is CCOC(OCC)P(=O)(OCC)C(C)C(F)(CC)C(=O)O. The van der Waals surface area contributed by atoms with E-state index in [-0.39, 0.29) is 26.2 Å². The van der Waals surface area contributed by atoms with Gasteiger partial charge in [0.1, 0.15) is 0 Å². The minimum Gasteiger partial charge on any atom is -0.479 e. The Labute approximate surface area is 125 Å². The lowest BCUT2D eigenvalue weighted by molar-refractivity contribution is -0.151. The Hall–Kier alpha value is -0.490. The Morgan fingerprint density at radius 1 is 1.19 bits per heavy atom. The monoisotopic (exact) mass is 328 g/mol. The minimum atomic E-state index is -3.85. The van der Waals surface area contributed by atoms with Crippen LogP contribution >= 0.6 is 7.37 Å². The third-order valence-corrected chi connectivity index (χ3v) is 6.35. The molecular weight excluding hydrogens is 302 g/mol. The number of hydrogen-bond acceptors (Lipinski definition) is 5. The van der Waals surface area contributed by atoms with E-state index in [4.69, 9.17) is 19.1 Å². The molecule has 0 aliphatic rings. The Balaban J connectivity index is 5.70. The van der Waals surface area contributed by atoms with Gasteiger partial charge in [-0.2, -0.15) is 0 Å². The fourth-order valence-corrected chi connectivity index (χ4v) is 4.70. The van der Waals surface area contributed by atoms with Crippen molar-refractivity contribution in [3.05, 3.63) is 0 Å². The van der Waals surface area contributed by atoms with Crippen molar-refractivity contribution in [3.63, 3.8) is 0 Å². The van der Waals surface area contributed by atoms with Crippen molar-refractivity contribution in [1.29, 1.82) is 0 Å². The molecule has 0 aliphatic carbocycles. The topological polar surface area (TPSA) is 82.1 Å². The average Bonchev–Trinajstić information content (AvgIpc) is 2.45. The van der Waals surface area contributed by atoms with Gasteiger partial charge in [0, 0.05) is 13.2 Å². The second kappa shape index (κ2) is 8.83. The number of rotatable bonds is 11. The minimum absolute atomic E-state index is 0.0394. The van der Waals surface area contributed by atoms with Crippen LogP contribution in [-0.2, 0) is 23.4 Å². The van der Waals surface area contributed by atoms with Crippen LogP contribution in [0.25, 0.3) is 0 Å². The van der Waals surface area contributed by atoms with Crippen LogP contribution in [0.4, 0.5) is 4.39 Å². The number of aliphatic carboxylic acids is 1. The van der Waals surface area contributed by atoms with E-state index in [2.05, 4.69) is 0 Å². The molecule has 0 aromatic rings. The maximum atomic E-state index is 14.7. The summed E-state index contributed by atoms with van der Waals surface area (Å²) in [5, 5.41) is 9.14. The lowest BCUT2D eigenvalue weighted by Gasteiger charge is -2.36. The normalized spacial score (nSPS) is 19.0. The highest BCUT2D eigenvalue weighted by atomic mass is 31.2. The summed E-state index contributed by atoms with van der Waals surface area (Å²) in [6.45, 7) is 8.01. The molecule has 0 aromatic carbocycles. The number of carbonyl (C=O) groups is 1. The molecule has 126 valence electrons. The molecule has 0 saturated carbocycles. The molecule has 8 heteroatoms. The Morgan fingerprint density at radius 2 is 1.67 bits per heavy atom. The number of carboxylic acid groups (broad SMARTS) is 1. The third-order valence-electron chi connectivity index (χ3n) is 3.32. The molecule has 0 aromatic heterocycles. The van der Waals surface area contributed by atoms with Crippen molar-refractivity contribution in [2.45, 2.75) is 58.4 Å². The molecule has 6 nitrogen and oxygen atoms in total. The highest BCUT2D eigenvalue weighted by molar-refractivity contribution is 7.60. The zero-order valence-electron chi connectivity index (χ0n) is 13.3. The van der Waals surface area contributed by atoms with Gasteiger partial charge in [-0.25, -0.2) is 9.18 Å². The zero-order chi connectivity index (χ0) is 16.7. The first kappa shape index (κ1) is 20.5. The summed E-state index contributed by atoms with van der Waals surface area (Å²) >= 11 is 0. The molecule has 0 rings (SSSR count). The van der Waals surface area contributed by atoms with Crippen LogP contribution < -0.4 is 0 Å². The van der Waals surface area contributed by atoms with Crippen molar-refractivity contribution in [2.24, 2.45) is 0 Å². The van der Waals surface area contributed by atoms with Crippen LogP contribution in [0.3, 0.4) is 0 Å². The van der Waals surface area contributed by atoms with E-state index in [1.165, 1.54) is 13.8 Å². The number of hydrogen-bond donors (Lipinski definition) is 1. The standard InChI is InChI=1S/C13H26FO6P/c1-6-13(14,11(15)16)10(5)21(17,20-9-4)12(18-7-2)19-8-3/h10,12H,6-9H2,1-5H3,(H,15,16). The molecule has 3 atom stereocenters. The Bertz CT molecular complexity index is 372. The van der Waals surface area contributed by atoms with Crippen LogP contribution in [0.2, 0.25) is 0 Å². The van der Waals surface area contributed by atoms with Crippen LogP contribution in [0.1, 0.15) is 41.0 Å². The van der Waals surface area contributed by atoms with Crippen molar-refractivity contribution in [1.82, 2.24) is 0 Å². The molecule has 0 radical (unpaired) electrons. The highest BCUT2D eigenvalue weighted by Crippen LogP contribution is 2.61. The Morgan fingerprint density at radius 3 is 1.95 bits per heavy atom. The summed E-state index contributed by atoms with van der Waals surface area (Å²) in [7, 11) is -3.85. The first-order valence-electron chi connectivity index (χ1n) is 7.13. The average molecular weight is 328 g/mol. The predicted octanol–water partition coefficient (Wildman–Crippen LogP) is 3.25. The van der Waals surface area contributed by atoms with E-state index in [0.717, 1.165) is 0 Å². The molecule has 0 aliphatic heterocycles. The zero-order valence-corrected chi connectivity index (χ0v) is 14.2. The second-order valence-corrected chi connectivity index (χ2v) is 7.22. The van der Waals surface area contributed by atoms with Gasteiger partial charge in [0.2, 0.25) is 11.7 Å². The molecule has 0 saturated heterocycles. The molecule has 0 spiro atoms. The van der Waals surface area contributed by atoms with Gasteiger partial charge in [-0.15, -0.1) is 0 Å². The van der Waals surface area contributed by atoms with Crippen molar-refractivity contribution in [3.8, 4) is 0 Å². The smallest absolute Gasteiger partial charge is 0.342 e. The lowest BCUT2D eigenvalue weighted by atomic mass is 10.00. The molecule has 0 heterocycles. The quantitative estimate of drug-likeness (QED) is 0.463. The first-order chi connectivity index (χ1) is 9.74. The van der Waals surface area contributed by atoms with Gasteiger partial charge in [-0.05, 0) is 34.1 Å². The molecule has 0 bridgehead atoms. The summed E-state index contributed by atoms with van der Waals surface area (Å²) in [4.78, 5) is 11.2. The van der Waals surface area contributed by atoms with Crippen molar-refractivity contribution < 1.29 is 32.9 Å². The second-order valence-electron chi connectivity index (χ2n) is 4.48. The molecule has 3 unspecified atom stereocenters. The van der Waals surface area contributed by atoms with Crippen molar-refractivity contribution in [2.75, 3.05) is 19.8 Å². The van der Waals surface area contributed by atoms with Gasteiger partial charge >= 0.3 is 5.97 Å². The molecular formula is C13H26FO6P. The largest absolute Gasteiger partial charge is 0.479 e. The maximum absolute atomic E-state index is 14.7. The third kappa shape index (κ3) is 4.49. The van der Waals surface area contributed by atoms with E-state index in [1.807, 2.05) is 0 Å². The maximum Gasteiger partial charge on any atom is 0.342 e. The van der Waals surface area contributed by atoms with E-state index >= 15 is 0 Å². The van der Waals surface area contributed by atoms with E-state index in [0.29, 0.717) is 0 Å². The van der Waals surface area contributed by atoms with Crippen molar-refractivity contribution >= 4 is 13.3 Å². The molecule has 0 fully saturated rings. The summed E-state index contributed by atoms with van der Waals surface area (Å²) in [5.74, 6) is -1.66. The molecule has 0 amide bonds. The highest BCUT2D eigenvalue weighted by Gasteiger charge is 2.55. The first-order valence-corrected chi connectivity index (χ1v) is 8.90. The number of alkyl halides is 1. The molecule has 21 heavy (non-hydrogen) atoms. The number of ether oxygens (including phenoxy) is 2. The van der Waals surface area contributed by atoms with Gasteiger partial charge < -0.3 is 19.1 Å². The van der Waals surface area contributed by atoms with Gasteiger partial charge in [-0.3, -0.25) is 4.57 Å². The molecule has 1 N–H and O–H groups in total. The van der Waals surface area contributed by atoms with E-state index < -0.39 is 30.7 Å². The van der Waals surface area contributed by atoms with Gasteiger partial charge in [0.05, 0.1) is 12.3 Å². The fourth-order valence-electron chi connectivity index (χ4n) is 2.01. The summed E-state index contributed by atoms with van der Waals surface area (Å²) in [6.07, 6.45) is -0.328. The fraction of sp³-hybridized carbons (Fsp3) is 0.923. The van der Waals surface area contributed by atoms with Crippen LogP contribution in [0.15, 0.2) is 0 Å². The predicted molar refractivity (Wildman–Crippen MR) is 77.5 cm³/mol. The lowest BCUT2D eigenvalue weighted by Crippen LogP contribution is -2.45. The van der Waals surface area contributed by atoms with Crippen LogP contribution in [-0.4, -0.2) is 48.3 Å².